The van der Waals surface area contributed by atoms with Crippen LogP contribution in [-0.2, 0) is 0 Å². The first kappa shape index (κ1) is 18.9. The average Bonchev–Trinajstić information content (AvgIpc) is 3.48. The summed E-state index contributed by atoms with van der Waals surface area (Å²) in [5.41, 5.74) is 2.78. The van der Waals surface area contributed by atoms with Gasteiger partial charge in [-0.05, 0) is 30.7 Å². The number of hydrogen-bond acceptors (Lipinski definition) is 4. The first-order valence-corrected chi connectivity index (χ1v) is 10.4. The van der Waals surface area contributed by atoms with E-state index in [0.29, 0.717) is 23.4 Å². The van der Waals surface area contributed by atoms with Gasteiger partial charge in [-0.15, -0.1) is 0 Å². The minimum atomic E-state index is 0.0556. The molecule has 3 aromatic rings. The standard InChI is InChI=1S/C24H26N4O2/c1-26-13-19-14-27(16-20(19)23(26)17-8-4-3-5-9-17)24(29)18-12-25-28(15-18)21-10-6-7-11-22(21)30-2/h3-12,15,19-20,23H,13-14,16H2,1-2H3/t19-,20+,23-/m0/s1. The van der Waals surface area contributed by atoms with Gasteiger partial charge in [0.25, 0.3) is 5.91 Å². The maximum absolute atomic E-state index is 13.2. The molecule has 2 aliphatic rings. The van der Waals surface area contributed by atoms with Gasteiger partial charge in [0.15, 0.2) is 0 Å². The second-order valence-corrected chi connectivity index (χ2v) is 8.27. The van der Waals surface area contributed by atoms with Gasteiger partial charge in [-0.3, -0.25) is 9.69 Å². The van der Waals surface area contributed by atoms with Gasteiger partial charge in [0.1, 0.15) is 11.4 Å². The van der Waals surface area contributed by atoms with Crippen molar-refractivity contribution >= 4 is 5.91 Å². The maximum Gasteiger partial charge on any atom is 0.257 e. The second kappa shape index (κ2) is 7.61. The Morgan fingerprint density at radius 3 is 2.60 bits per heavy atom. The first-order valence-electron chi connectivity index (χ1n) is 10.4. The molecule has 6 nitrogen and oxygen atoms in total. The highest BCUT2D eigenvalue weighted by Gasteiger charge is 2.47. The Morgan fingerprint density at radius 1 is 1.03 bits per heavy atom. The highest BCUT2D eigenvalue weighted by molar-refractivity contribution is 5.94. The predicted molar refractivity (Wildman–Crippen MR) is 115 cm³/mol. The zero-order valence-corrected chi connectivity index (χ0v) is 17.3. The van der Waals surface area contributed by atoms with Gasteiger partial charge in [0.05, 0.1) is 18.9 Å². The van der Waals surface area contributed by atoms with Crippen molar-refractivity contribution in [2.45, 2.75) is 6.04 Å². The molecule has 2 fully saturated rings. The molecule has 2 saturated heterocycles. The molecule has 0 saturated carbocycles. The molecule has 3 heterocycles. The number of aromatic nitrogens is 2. The van der Waals surface area contributed by atoms with Gasteiger partial charge in [-0.2, -0.15) is 5.10 Å². The van der Waals surface area contributed by atoms with Gasteiger partial charge in [0, 0.05) is 37.8 Å². The number of fused-ring (bicyclic) bond motifs is 1. The molecule has 30 heavy (non-hydrogen) atoms. The number of likely N-dealkylation sites (tertiary alicyclic amines) is 2. The van der Waals surface area contributed by atoms with E-state index in [-0.39, 0.29) is 5.91 Å². The van der Waals surface area contributed by atoms with Crippen LogP contribution in [0.1, 0.15) is 22.0 Å². The monoisotopic (exact) mass is 402 g/mol. The number of rotatable bonds is 4. The number of methoxy groups -OCH3 is 1. The average molecular weight is 402 g/mol. The van der Waals surface area contributed by atoms with E-state index in [1.807, 2.05) is 29.2 Å². The summed E-state index contributed by atoms with van der Waals surface area (Å²) in [5.74, 6) is 1.75. The van der Waals surface area contributed by atoms with Crippen LogP contribution in [0.15, 0.2) is 67.0 Å². The van der Waals surface area contributed by atoms with Crippen molar-refractivity contribution in [1.82, 2.24) is 19.6 Å². The summed E-state index contributed by atoms with van der Waals surface area (Å²) in [6.07, 6.45) is 3.46. The molecule has 2 aliphatic heterocycles. The molecule has 2 aromatic carbocycles. The van der Waals surface area contributed by atoms with Crippen molar-refractivity contribution in [2.24, 2.45) is 11.8 Å². The Bertz CT molecular complexity index is 1050. The lowest BCUT2D eigenvalue weighted by Gasteiger charge is -2.26. The van der Waals surface area contributed by atoms with Crippen molar-refractivity contribution in [1.29, 1.82) is 0 Å². The molecule has 3 atom stereocenters. The van der Waals surface area contributed by atoms with Gasteiger partial charge < -0.3 is 9.64 Å². The van der Waals surface area contributed by atoms with Crippen molar-refractivity contribution in [3.8, 4) is 11.4 Å². The number of para-hydroxylation sites is 2. The van der Waals surface area contributed by atoms with Gasteiger partial charge in [-0.1, -0.05) is 42.5 Å². The molecule has 0 N–H and O–H groups in total. The molecule has 1 amide bonds. The topological polar surface area (TPSA) is 50.6 Å². The zero-order chi connectivity index (χ0) is 20.7. The fourth-order valence-corrected chi connectivity index (χ4v) is 5.14. The van der Waals surface area contributed by atoms with Gasteiger partial charge >= 0.3 is 0 Å². The fourth-order valence-electron chi connectivity index (χ4n) is 5.14. The van der Waals surface area contributed by atoms with E-state index in [0.717, 1.165) is 31.1 Å². The molecule has 0 spiro atoms. The lowest BCUT2D eigenvalue weighted by Crippen LogP contribution is -2.33. The normalized spacial score (nSPS) is 23.5. The van der Waals surface area contributed by atoms with Crippen LogP contribution < -0.4 is 4.74 Å². The summed E-state index contributed by atoms with van der Waals surface area (Å²) < 4.78 is 7.13. The zero-order valence-electron chi connectivity index (χ0n) is 17.3. The third-order valence-corrected chi connectivity index (χ3v) is 6.48. The van der Waals surface area contributed by atoms with Gasteiger partial charge in [-0.25, -0.2) is 4.68 Å². The molecule has 154 valence electrons. The Labute approximate surface area is 176 Å². The number of nitrogens with zero attached hydrogens (tertiary/aromatic N) is 4. The quantitative estimate of drug-likeness (QED) is 0.672. The van der Waals surface area contributed by atoms with Crippen LogP contribution in [-0.4, -0.2) is 59.3 Å². The molecular formula is C24H26N4O2. The summed E-state index contributed by atoms with van der Waals surface area (Å²) in [6.45, 7) is 2.61. The third kappa shape index (κ3) is 3.17. The number of carbonyl (C=O) groups excluding carboxylic acids is 1. The van der Waals surface area contributed by atoms with Crippen LogP contribution in [0, 0.1) is 11.8 Å². The maximum atomic E-state index is 13.2. The Morgan fingerprint density at radius 2 is 1.80 bits per heavy atom. The van der Waals surface area contributed by atoms with E-state index in [2.05, 4.69) is 47.4 Å². The SMILES string of the molecule is COc1ccccc1-n1cc(C(=O)N2C[C@@H]3CN(C)[C@@H](c4ccccc4)[C@@H]3C2)cn1. The van der Waals surface area contributed by atoms with Crippen LogP contribution in [0.4, 0.5) is 0 Å². The Hall–Kier alpha value is -3.12. The molecule has 0 aliphatic carbocycles. The lowest BCUT2D eigenvalue weighted by atomic mass is 9.90. The Balaban J connectivity index is 1.35. The minimum absolute atomic E-state index is 0.0556. The van der Waals surface area contributed by atoms with E-state index in [9.17, 15) is 4.79 Å². The smallest absolute Gasteiger partial charge is 0.257 e. The number of amides is 1. The predicted octanol–water partition coefficient (Wildman–Crippen LogP) is 3.26. The van der Waals surface area contributed by atoms with E-state index in [1.54, 1.807) is 24.2 Å². The molecule has 0 radical (unpaired) electrons. The van der Waals surface area contributed by atoms with Gasteiger partial charge in [0.2, 0.25) is 0 Å². The number of ether oxygens (including phenoxy) is 1. The van der Waals surface area contributed by atoms with Crippen LogP contribution >= 0.6 is 0 Å². The van der Waals surface area contributed by atoms with Crippen LogP contribution in [0.5, 0.6) is 5.75 Å². The molecule has 5 rings (SSSR count). The van der Waals surface area contributed by atoms with Crippen molar-refractivity contribution < 1.29 is 9.53 Å². The molecule has 6 heteroatoms. The van der Waals surface area contributed by atoms with Crippen LogP contribution in [0.2, 0.25) is 0 Å². The van der Waals surface area contributed by atoms with Crippen LogP contribution in [0.3, 0.4) is 0 Å². The van der Waals surface area contributed by atoms with Crippen molar-refractivity contribution in [3.63, 3.8) is 0 Å². The molecule has 0 bridgehead atoms. The largest absolute Gasteiger partial charge is 0.494 e. The van der Waals surface area contributed by atoms with E-state index < -0.39 is 0 Å². The highest BCUT2D eigenvalue weighted by Crippen LogP contribution is 2.44. The highest BCUT2D eigenvalue weighted by atomic mass is 16.5. The van der Waals surface area contributed by atoms with Crippen molar-refractivity contribution in [2.75, 3.05) is 33.8 Å². The molecule has 0 unspecified atom stereocenters. The second-order valence-electron chi connectivity index (χ2n) is 8.27. The van der Waals surface area contributed by atoms with Crippen LogP contribution in [0.25, 0.3) is 5.69 Å². The Kier molecular flexibility index (Phi) is 4.79. The third-order valence-electron chi connectivity index (χ3n) is 6.48. The lowest BCUT2D eigenvalue weighted by molar-refractivity contribution is 0.0768. The summed E-state index contributed by atoms with van der Waals surface area (Å²) in [5, 5.41) is 4.42. The number of hydrogen-bond donors (Lipinski definition) is 0. The summed E-state index contributed by atoms with van der Waals surface area (Å²) in [6, 6.07) is 18.7. The number of benzene rings is 2. The van der Waals surface area contributed by atoms with E-state index in [1.165, 1.54) is 5.56 Å². The summed E-state index contributed by atoms with van der Waals surface area (Å²) >= 11 is 0. The summed E-state index contributed by atoms with van der Waals surface area (Å²) in [4.78, 5) is 17.7. The summed E-state index contributed by atoms with van der Waals surface area (Å²) in [7, 11) is 3.83. The fraction of sp³-hybridized carbons (Fsp3) is 0.333. The van der Waals surface area contributed by atoms with E-state index >= 15 is 0 Å². The molecular weight excluding hydrogens is 376 g/mol. The van der Waals surface area contributed by atoms with Crippen molar-refractivity contribution in [3.05, 3.63) is 78.1 Å². The van der Waals surface area contributed by atoms with E-state index in [4.69, 9.17) is 4.74 Å². The molecule has 1 aromatic heterocycles. The first-order chi connectivity index (χ1) is 14.7. The minimum Gasteiger partial charge on any atom is -0.494 e. The number of carbonyl (C=O) groups is 1.